The van der Waals surface area contributed by atoms with E-state index in [2.05, 4.69) is 16.8 Å². The van der Waals surface area contributed by atoms with Gasteiger partial charge in [-0.3, -0.25) is 9.69 Å². The molecule has 0 aromatic rings. The van der Waals surface area contributed by atoms with Crippen LogP contribution in [-0.4, -0.2) is 68.4 Å². The minimum absolute atomic E-state index is 0.00587. The van der Waals surface area contributed by atoms with Crippen LogP contribution in [0.5, 0.6) is 0 Å². The Kier molecular flexibility index (Phi) is 5.97. The monoisotopic (exact) mass is 283 g/mol. The molecule has 20 heavy (non-hydrogen) atoms. The molecule has 1 amide bonds. The molecule has 0 spiro atoms. The van der Waals surface area contributed by atoms with Crippen molar-refractivity contribution in [3.8, 4) is 0 Å². The van der Waals surface area contributed by atoms with Crippen molar-refractivity contribution < 1.29 is 14.3 Å². The molecule has 2 aliphatic heterocycles. The van der Waals surface area contributed by atoms with Gasteiger partial charge in [-0.05, 0) is 12.8 Å². The van der Waals surface area contributed by atoms with Gasteiger partial charge in [-0.1, -0.05) is 6.08 Å². The van der Waals surface area contributed by atoms with Crippen LogP contribution in [0.2, 0.25) is 0 Å². The van der Waals surface area contributed by atoms with E-state index in [-0.39, 0.29) is 24.6 Å². The number of likely N-dealkylation sites (tertiary alicyclic amines) is 1. The quantitative estimate of drug-likeness (QED) is 0.642. The lowest BCUT2D eigenvalue weighted by Gasteiger charge is -2.30. The normalized spacial score (nSPS) is 28.4. The van der Waals surface area contributed by atoms with Gasteiger partial charge in [0.1, 0.15) is 0 Å². The fourth-order valence-electron chi connectivity index (χ4n) is 2.92. The second kappa shape index (κ2) is 7.73. The topological polar surface area (TPSA) is 76.8 Å². The van der Waals surface area contributed by atoms with E-state index in [1.807, 2.05) is 0 Å². The van der Waals surface area contributed by atoms with Crippen molar-refractivity contribution in [3.63, 3.8) is 0 Å². The average Bonchev–Trinajstić information content (AvgIpc) is 2.88. The van der Waals surface area contributed by atoms with Crippen LogP contribution >= 0.6 is 0 Å². The van der Waals surface area contributed by atoms with Crippen molar-refractivity contribution in [2.24, 2.45) is 5.73 Å². The maximum absolute atomic E-state index is 11.5. The third kappa shape index (κ3) is 4.02. The molecular formula is C14H25N3O3. The van der Waals surface area contributed by atoms with Crippen LogP contribution in [0.25, 0.3) is 0 Å². The molecule has 0 radical (unpaired) electrons. The highest BCUT2D eigenvalue weighted by molar-refractivity contribution is 5.78. The van der Waals surface area contributed by atoms with Crippen molar-refractivity contribution in [1.82, 2.24) is 10.2 Å². The molecule has 0 unspecified atom stereocenters. The zero-order chi connectivity index (χ0) is 14.4. The largest absolute Gasteiger partial charge is 0.381 e. The Labute approximate surface area is 120 Å². The zero-order valence-corrected chi connectivity index (χ0v) is 11.9. The van der Waals surface area contributed by atoms with Gasteiger partial charge in [-0.15, -0.1) is 6.58 Å². The molecule has 0 aliphatic carbocycles. The minimum Gasteiger partial charge on any atom is -0.381 e. The van der Waals surface area contributed by atoms with Crippen molar-refractivity contribution in [1.29, 1.82) is 0 Å². The Bertz CT molecular complexity index is 332. The molecule has 2 aliphatic rings. The van der Waals surface area contributed by atoms with Crippen molar-refractivity contribution in [2.75, 3.05) is 39.5 Å². The lowest BCUT2D eigenvalue weighted by molar-refractivity contribution is -0.121. The van der Waals surface area contributed by atoms with E-state index in [0.717, 1.165) is 39.1 Å². The van der Waals surface area contributed by atoms with Gasteiger partial charge in [0, 0.05) is 32.3 Å². The summed E-state index contributed by atoms with van der Waals surface area (Å²) in [6, 6.07) is 0.534. The molecule has 2 atom stereocenters. The van der Waals surface area contributed by atoms with Crippen LogP contribution in [0.3, 0.4) is 0 Å². The number of nitrogens with two attached hydrogens (primary N) is 1. The first kappa shape index (κ1) is 15.4. The number of amides is 1. The first-order chi connectivity index (χ1) is 9.74. The predicted molar refractivity (Wildman–Crippen MR) is 76.3 cm³/mol. The van der Waals surface area contributed by atoms with Gasteiger partial charge in [0.05, 0.1) is 25.3 Å². The first-order valence-corrected chi connectivity index (χ1v) is 7.28. The third-order valence-electron chi connectivity index (χ3n) is 3.96. The van der Waals surface area contributed by atoms with Crippen LogP contribution < -0.4 is 11.1 Å². The SMILES string of the molecule is C=CCO[C@@H]1CN(C2CCOCC2)C[C@H]1NC(=O)CN. The van der Waals surface area contributed by atoms with Gasteiger partial charge < -0.3 is 20.5 Å². The molecular weight excluding hydrogens is 258 g/mol. The second-order valence-electron chi connectivity index (χ2n) is 5.34. The molecule has 3 N–H and O–H groups in total. The molecule has 114 valence electrons. The highest BCUT2D eigenvalue weighted by Crippen LogP contribution is 2.22. The van der Waals surface area contributed by atoms with Crippen LogP contribution in [0, 0.1) is 0 Å². The summed E-state index contributed by atoms with van der Waals surface area (Å²) in [6.45, 7) is 7.48. The Morgan fingerprint density at radius 1 is 1.45 bits per heavy atom. The molecule has 6 heteroatoms. The van der Waals surface area contributed by atoms with Gasteiger partial charge in [-0.2, -0.15) is 0 Å². The number of nitrogens with one attached hydrogen (secondary N) is 1. The number of rotatable bonds is 6. The Balaban J connectivity index is 1.92. The Hall–Kier alpha value is -0.950. The standard InChI is InChI=1S/C14H25N3O3/c1-2-5-20-13-10-17(11-3-6-19-7-4-11)9-12(13)16-14(18)8-15/h2,11-13H,1,3-10,15H2,(H,16,18)/t12-,13-/m1/s1. The molecule has 0 saturated carbocycles. The molecule has 0 aromatic heterocycles. The maximum atomic E-state index is 11.5. The van der Waals surface area contributed by atoms with Gasteiger partial charge >= 0.3 is 0 Å². The van der Waals surface area contributed by atoms with E-state index in [0.29, 0.717) is 12.6 Å². The Morgan fingerprint density at radius 2 is 2.20 bits per heavy atom. The van der Waals surface area contributed by atoms with Crippen molar-refractivity contribution >= 4 is 5.91 Å². The molecule has 2 rings (SSSR count). The summed E-state index contributed by atoms with van der Waals surface area (Å²) >= 11 is 0. The molecule has 6 nitrogen and oxygen atoms in total. The summed E-state index contributed by atoms with van der Waals surface area (Å²) in [5.41, 5.74) is 5.37. The summed E-state index contributed by atoms with van der Waals surface area (Å²) in [5.74, 6) is -0.129. The number of hydrogen-bond acceptors (Lipinski definition) is 5. The molecule has 2 saturated heterocycles. The fraction of sp³-hybridized carbons (Fsp3) is 0.786. The fourth-order valence-corrected chi connectivity index (χ4v) is 2.92. The minimum atomic E-state index is -0.129. The lowest BCUT2D eigenvalue weighted by atomic mass is 10.1. The number of carbonyl (C=O) groups is 1. The summed E-state index contributed by atoms with van der Waals surface area (Å²) in [6.07, 6.45) is 3.84. The summed E-state index contributed by atoms with van der Waals surface area (Å²) in [7, 11) is 0. The van der Waals surface area contributed by atoms with Gasteiger partial charge in [0.25, 0.3) is 0 Å². The van der Waals surface area contributed by atoms with E-state index >= 15 is 0 Å². The molecule has 2 heterocycles. The van der Waals surface area contributed by atoms with E-state index in [1.165, 1.54) is 0 Å². The summed E-state index contributed by atoms with van der Waals surface area (Å²) in [5, 5.41) is 2.96. The lowest BCUT2D eigenvalue weighted by Crippen LogP contribution is -2.46. The zero-order valence-electron chi connectivity index (χ0n) is 11.9. The average molecular weight is 283 g/mol. The van der Waals surface area contributed by atoms with E-state index in [4.69, 9.17) is 15.2 Å². The van der Waals surface area contributed by atoms with E-state index in [9.17, 15) is 4.79 Å². The second-order valence-corrected chi connectivity index (χ2v) is 5.34. The smallest absolute Gasteiger partial charge is 0.234 e. The van der Waals surface area contributed by atoms with Crippen LogP contribution in [-0.2, 0) is 14.3 Å². The third-order valence-corrected chi connectivity index (χ3v) is 3.96. The number of ether oxygens (including phenoxy) is 2. The predicted octanol–water partition coefficient (Wildman–Crippen LogP) is -0.504. The van der Waals surface area contributed by atoms with Crippen LogP contribution in [0.1, 0.15) is 12.8 Å². The highest BCUT2D eigenvalue weighted by atomic mass is 16.5. The first-order valence-electron chi connectivity index (χ1n) is 7.28. The van der Waals surface area contributed by atoms with Crippen molar-refractivity contribution in [3.05, 3.63) is 12.7 Å². The van der Waals surface area contributed by atoms with E-state index in [1.54, 1.807) is 6.08 Å². The highest BCUT2D eigenvalue weighted by Gasteiger charge is 2.37. The summed E-state index contributed by atoms with van der Waals surface area (Å²) in [4.78, 5) is 13.9. The summed E-state index contributed by atoms with van der Waals surface area (Å²) < 4.78 is 11.2. The number of nitrogens with zero attached hydrogens (tertiary/aromatic N) is 1. The molecule has 0 aromatic carbocycles. The Morgan fingerprint density at radius 3 is 2.85 bits per heavy atom. The van der Waals surface area contributed by atoms with Crippen LogP contribution in [0.4, 0.5) is 0 Å². The molecule has 0 bridgehead atoms. The van der Waals surface area contributed by atoms with Gasteiger partial charge in [-0.25, -0.2) is 0 Å². The van der Waals surface area contributed by atoms with Crippen LogP contribution in [0.15, 0.2) is 12.7 Å². The van der Waals surface area contributed by atoms with Gasteiger partial charge in [0.2, 0.25) is 5.91 Å². The molecule has 2 fully saturated rings. The van der Waals surface area contributed by atoms with Crippen molar-refractivity contribution in [2.45, 2.75) is 31.0 Å². The number of hydrogen-bond donors (Lipinski definition) is 2. The van der Waals surface area contributed by atoms with Gasteiger partial charge in [0.15, 0.2) is 0 Å². The van der Waals surface area contributed by atoms with E-state index < -0.39 is 0 Å². The maximum Gasteiger partial charge on any atom is 0.234 e. The number of carbonyl (C=O) groups excluding carboxylic acids is 1.